The molecule has 1 heterocycles. The van der Waals surface area contributed by atoms with Gasteiger partial charge < -0.3 is 9.84 Å². The van der Waals surface area contributed by atoms with E-state index in [1.54, 1.807) is 6.92 Å². The van der Waals surface area contributed by atoms with Gasteiger partial charge >= 0.3 is 0 Å². The fourth-order valence-electron chi connectivity index (χ4n) is 1.73. The van der Waals surface area contributed by atoms with Gasteiger partial charge in [0.25, 0.3) is 5.69 Å². The van der Waals surface area contributed by atoms with Crippen LogP contribution in [0.1, 0.15) is 17.3 Å². The molecule has 20 heavy (non-hydrogen) atoms. The number of nitrogens with zero attached hydrogens (tertiary/aromatic N) is 3. The van der Waals surface area contributed by atoms with E-state index >= 15 is 0 Å². The van der Waals surface area contributed by atoms with Crippen LogP contribution in [0, 0.1) is 22.9 Å². The van der Waals surface area contributed by atoms with Crippen LogP contribution in [0.15, 0.2) is 22.7 Å². The maximum Gasteiger partial charge on any atom is 0.274 e. The molecule has 1 N–H and O–H groups in total. The zero-order chi connectivity index (χ0) is 14.5. The summed E-state index contributed by atoms with van der Waals surface area (Å²) in [5.41, 5.74) is 0.198. The second-order valence-electron chi connectivity index (χ2n) is 4.19. The second kappa shape index (κ2) is 6.20. The first kappa shape index (κ1) is 14.1. The Kier molecular flexibility index (Phi) is 4.36. The highest BCUT2D eigenvalue weighted by Gasteiger charge is 2.13. The van der Waals surface area contributed by atoms with Gasteiger partial charge in [0.2, 0.25) is 5.89 Å². The van der Waals surface area contributed by atoms with Crippen LogP contribution in [0.5, 0.6) is 0 Å². The molecule has 0 aliphatic heterocycles. The van der Waals surface area contributed by atoms with E-state index in [1.807, 2.05) is 0 Å². The van der Waals surface area contributed by atoms with E-state index in [2.05, 4.69) is 15.5 Å². The van der Waals surface area contributed by atoms with Gasteiger partial charge in [-0.05, 0) is 19.1 Å². The van der Waals surface area contributed by atoms with Crippen molar-refractivity contribution in [2.24, 2.45) is 0 Å². The molecule has 0 unspecified atom stereocenters. The number of aryl methyl sites for hydroxylation is 1. The molecule has 2 rings (SSSR count). The molecule has 106 valence electrons. The van der Waals surface area contributed by atoms with Gasteiger partial charge in [0, 0.05) is 31.1 Å². The quantitative estimate of drug-likeness (QED) is 0.492. The highest BCUT2D eigenvalue weighted by atomic mass is 19.1. The van der Waals surface area contributed by atoms with Crippen molar-refractivity contribution in [2.45, 2.75) is 19.9 Å². The summed E-state index contributed by atoms with van der Waals surface area (Å²) >= 11 is 0. The van der Waals surface area contributed by atoms with E-state index in [0.717, 1.165) is 18.2 Å². The van der Waals surface area contributed by atoms with Crippen molar-refractivity contribution >= 4 is 5.69 Å². The number of nitrogens with one attached hydrogen (secondary N) is 1. The zero-order valence-electron chi connectivity index (χ0n) is 10.8. The summed E-state index contributed by atoms with van der Waals surface area (Å²) in [5, 5.41) is 17.4. The van der Waals surface area contributed by atoms with Gasteiger partial charge in [-0.25, -0.2) is 4.39 Å². The van der Waals surface area contributed by atoms with Gasteiger partial charge in [-0.3, -0.25) is 10.1 Å². The minimum absolute atomic E-state index is 0.104. The maximum atomic E-state index is 13.1. The van der Waals surface area contributed by atoms with Crippen LogP contribution in [0.3, 0.4) is 0 Å². The lowest BCUT2D eigenvalue weighted by atomic mass is 10.1. The summed E-state index contributed by atoms with van der Waals surface area (Å²) in [7, 11) is 0. The summed E-state index contributed by atoms with van der Waals surface area (Å²) in [4.78, 5) is 14.3. The molecule has 0 saturated heterocycles. The molecule has 0 spiro atoms. The van der Waals surface area contributed by atoms with Crippen LogP contribution in [-0.4, -0.2) is 21.6 Å². The summed E-state index contributed by atoms with van der Waals surface area (Å²) in [6.07, 6.45) is 0.504. The molecular formula is C12H13FN4O3. The number of hydrogen-bond donors (Lipinski definition) is 1. The monoisotopic (exact) mass is 280 g/mol. The third kappa shape index (κ3) is 3.58. The van der Waals surface area contributed by atoms with E-state index < -0.39 is 10.7 Å². The topological polar surface area (TPSA) is 94.1 Å². The Balaban J connectivity index is 1.90. The van der Waals surface area contributed by atoms with E-state index in [-0.39, 0.29) is 12.2 Å². The molecular weight excluding hydrogens is 267 g/mol. The van der Waals surface area contributed by atoms with E-state index in [9.17, 15) is 14.5 Å². The number of nitro benzene ring substituents is 1. The Hall–Kier alpha value is -2.35. The van der Waals surface area contributed by atoms with Gasteiger partial charge in [0.05, 0.1) is 4.92 Å². The SMILES string of the molecule is Cc1noc(CCNCc2cc(F)ccc2[N+](=O)[O-])n1. The minimum Gasteiger partial charge on any atom is -0.339 e. The predicted molar refractivity (Wildman–Crippen MR) is 67.5 cm³/mol. The molecule has 1 aromatic heterocycles. The lowest BCUT2D eigenvalue weighted by molar-refractivity contribution is -0.385. The zero-order valence-corrected chi connectivity index (χ0v) is 10.8. The van der Waals surface area contributed by atoms with Crippen LogP contribution >= 0.6 is 0 Å². The van der Waals surface area contributed by atoms with Gasteiger partial charge in [0.1, 0.15) is 5.82 Å². The van der Waals surface area contributed by atoms with Crippen molar-refractivity contribution in [3.8, 4) is 0 Å². The number of hydrogen-bond acceptors (Lipinski definition) is 6. The molecule has 0 aliphatic rings. The number of benzene rings is 1. The van der Waals surface area contributed by atoms with Crippen molar-refractivity contribution in [3.05, 3.63) is 51.4 Å². The normalized spacial score (nSPS) is 10.7. The molecule has 1 aromatic carbocycles. The second-order valence-corrected chi connectivity index (χ2v) is 4.19. The lowest BCUT2D eigenvalue weighted by Gasteiger charge is -2.04. The summed E-state index contributed by atoms with van der Waals surface area (Å²) in [6, 6.07) is 3.39. The van der Waals surface area contributed by atoms with Crippen LogP contribution in [-0.2, 0) is 13.0 Å². The van der Waals surface area contributed by atoms with E-state index in [0.29, 0.717) is 30.2 Å². The van der Waals surface area contributed by atoms with Crippen LogP contribution in [0.2, 0.25) is 0 Å². The third-order valence-electron chi connectivity index (χ3n) is 2.64. The average molecular weight is 280 g/mol. The Morgan fingerprint density at radius 2 is 2.30 bits per heavy atom. The molecule has 8 heteroatoms. The fraction of sp³-hybridized carbons (Fsp3) is 0.333. The summed E-state index contributed by atoms with van der Waals surface area (Å²) in [5.74, 6) is 0.546. The summed E-state index contributed by atoms with van der Waals surface area (Å²) in [6.45, 7) is 2.41. The van der Waals surface area contributed by atoms with Gasteiger partial charge in [-0.15, -0.1) is 0 Å². The standard InChI is InChI=1S/C12H13FN4O3/c1-8-15-12(20-16-8)4-5-14-7-9-6-10(13)2-3-11(9)17(18)19/h2-3,6,14H,4-5,7H2,1H3. The molecule has 0 atom stereocenters. The Morgan fingerprint density at radius 1 is 1.50 bits per heavy atom. The first-order chi connectivity index (χ1) is 9.56. The average Bonchev–Trinajstić information content (AvgIpc) is 2.80. The smallest absolute Gasteiger partial charge is 0.274 e. The Labute approximate surface area is 114 Å². The Bertz CT molecular complexity index is 614. The predicted octanol–water partition coefficient (Wildman–Crippen LogP) is 1.76. The minimum atomic E-state index is -0.530. The molecule has 0 bridgehead atoms. The highest BCUT2D eigenvalue weighted by molar-refractivity contribution is 5.40. The van der Waals surface area contributed by atoms with Crippen molar-refractivity contribution in [2.75, 3.05) is 6.54 Å². The molecule has 0 amide bonds. The van der Waals surface area contributed by atoms with Gasteiger partial charge in [-0.1, -0.05) is 5.16 Å². The van der Waals surface area contributed by atoms with Crippen molar-refractivity contribution in [1.82, 2.24) is 15.5 Å². The van der Waals surface area contributed by atoms with Crippen LogP contribution < -0.4 is 5.32 Å². The van der Waals surface area contributed by atoms with Gasteiger partial charge in [-0.2, -0.15) is 4.98 Å². The largest absolute Gasteiger partial charge is 0.339 e. The summed E-state index contributed by atoms with van der Waals surface area (Å²) < 4.78 is 18.0. The van der Waals surface area contributed by atoms with Crippen LogP contribution in [0.25, 0.3) is 0 Å². The number of rotatable bonds is 6. The first-order valence-corrected chi connectivity index (χ1v) is 5.99. The Morgan fingerprint density at radius 3 is 2.95 bits per heavy atom. The van der Waals surface area contributed by atoms with Crippen molar-refractivity contribution < 1.29 is 13.8 Å². The van der Waals surface area contributed by atoms with Crippen molar-refractivity contribution in [3.63, 3.8) is 0 Å². The molecule has 0 radical (unpaired) electrons. The van der Waals surface area contributed by atoms with Gasteiger partial charge in [0.15, 0.2) is 5.82 Å². The molecule has 0 fully saturated rings. The molecule has 2 aromatic rings. The molecule has 7 nitrogen and oxygen atoms in total. The number of halogens is 1. The first-order valence-electron chi connectivity index (χ1n) is 5.99. The lowest BCUT2D eigenvalue weighted by Crippen LogP contribution is -2.17. The van der Waals surface area contributed by atoms with E-state index in [1.165, 1.54) is 0 Å². The molecule has 0 saturated carbocycles. The number of aromatic nitrogens is 2. The fourth-order valence-corrected chi connectivity index (χ4v) is 1.73. The molecule has 0 aliphatic carbocycles. The third-order valence-corrected chi connectivity index (χ3v) is 2.64. The highest BCUT2D eigenvalue weighted by Crippen LogP contribution is 2.19. The van der Waals surface area contributed by atoms with Crippen molar-refractivity contribution in [1.29, 1.82) is 0 Å². The van der Waals surface area contributed by atoms with Crippen LogP contribution in [0.4, 0.5) is 10.1 Å². The van der Waals surface area contributed by atoms with E-state index in [4.69, 9.17) is 4.52 Å². The maximum absolute atomic E-state index is 13.1. The number of nitro groups is 1.